The van der Waals surface area contributed by atoms with Gasteiger partial charge in [-0.3, -0.25) is 0 Å². The monoisotopic (exact) mass is 251 g/mol. The van der Waals surface area contributed by atoms with E-state index in [4.69, 9.17) is 4.74 Å². The minimum Gasteiger partial charge on any atom is -0.464 e. The third-order valence-corrected chi connectivity index (χ3v) is 3.53. The number of hydrogen-bond donors (Lipinski definition) is 0. The van der Waals surface area contributed by atoms with Gasteiger partial charge in [0.05, 0.1) is 6.54 Å². The SMILES string of the molecule is Cc1ccc(C2(C)CN=C(c3ccccc3)O2)cc1. The second kappa shape index (κ2) is 4.54. The second-order valence-corrected chi connectivity index (χ2v) is 5.19. The van der Waals surface area contributed by atoms with Gasteiger partial charge in [-0.05, 0) is 31.5 Å². The second-order valence-electron chi connectivity index (χ2n) is 5.19. The van der Waals surface area contributed by atoms with E-state index in [2.05, 4.69) is 43.1 Å². The van der Waals surface area contributed by atoms with Crippen LogP contribution in [0.3, 0.4) is 0 Å². The van der Waals surface area contributed by atoms with Crippen molar-refractivity contribution in [3.63, 3.8) is 0 Å². The van der Waals surface area contributed by atoms with Crippen LogP contribution in [0.15, 0.2) is 59.6 Å². The molecule has 0 radical (unpaired) electrons. The molecule has 96 valence electrons. The molecule has 2 aromatic rings. The maximum Gasteiger partial charge on any atom is 0.217 e. The average molecular weight is 251 g/mol. The highest BCUT2D eigenvalue weighted by Crippen LogP contribution is 2.32. The van der Waals surface area contributed by atoms with Gasteiger partial charge in [0.2, 0.25) is 5.90 Å². The molecule has 2 heteroatoms. The van der Waals surface area contributed by atoms with E-state index in [1.165, 1.54) is 11.1 Å². The molecule has 0 saturated carbocycles. The molecule has 1 heterocycles. The maximum atomic E-state index is 6.11. The summed E-state index contributed by atoms with van der Waals surface area (Å²) in [5.74, 6) is 0.740. The van der Waals surface area contributed by atoms with Gasteiger partial charge in [0, 0.05) is 5.56 Å². The van der Waals surface area contributed by atoms with E-state index < -0.39 is 0 Å². The summed E-state index contributed by atoms with van der Waals surface area (Å²) in [6, 6.07) is 18.5. The lowest BCUT2D eigenvalue weighted by atomic mass is 9.95. The number of aliphatic imine (C=N–C) groups is 1. The Morgan fingerprint density at radius 3 is 2.37 bits per heavy atom. The van der Waals surface area contributed by atoms with Crippen LogP contribution in [0.4, 0.5) is 0 Å². The predicted molar refractivity (Wildman–Crippen MR) is 77.5 cm³/mol. The molecular formula is C17H17NO. The van der Waals surface area contributed by atoms with Gasteiger partial charge >= 0.3 is 0 Å². The Morgan fingerprint density at radius 2 is 1.68 bits per heavy atom. The summed E-state index contributed by atoms with van der Waals surface area (Å²) in [5.41, 5.74) is 3.12. The Balaban J connectivity index is 1.85. The first-order chi connectivity index (χ1) is 9.17. The fourth-order valence-electron chi connectivity index (χ4n) is 2.29. The molecule has 0 aromatic heterocycles. The topological polar surface area (TPSA) is 21.6 Å². The summed E-state index contributed by atoms with van der Waals surface area (Å²) in [6.07, 6.45) is 0. The van der Waals surface area contributed by atoms with Crippen molar-refractivity contribution in [1.29, 1.82) is 0 Å². The Bertz CT molecular complexity index is 601. The Hall–Kier alpha value is -2.09. The minimum atomic E-state index is -0.348. The fourth-order valence-corrected chi connectivity index (χ4v) is 2.29. The molecule has 0 N–H and O–H groups in total. The summed E-state index contributed by atoms with van der Waals surface area (Å²) in [4.78, 5) is 4.55. The van der Waals surface area contributed by atoms with Crippen molar-refractivity contribution in [2.24, 2.45) is 4.99 Å². The number of rotatable bonds is 2. The largest absolute Gasteiger partial charge is 0.464 e. The van der Waals surface area contributed by atoms with Crippen LogP contribution in [0.1, 0.15) is 23.6 Å². The lowest BCUT2D eigenvalue weighted by Gasteiger charge is -2.24. The first kappa shape index (κ1) is 12.0. The molecule has 0 amide bonds. The first-order valence-corrected chi connectivity index (χ1v) is 6.53. The van der Waals surface area contributed by atoms with Gasteiger partial charge in [-0.25, -0.2) is 4.99 Å². The van der Waals surface area contributed by atoms with Crippen molar-refractivity contribution >= 4 is 5.90 Å². The zero-order chi connectivity index (χ0) is 13.3. The predicted octanol–water partition coefficient (Wildman–Crippen LogP) is 3.69. The van der Waals surface area contributed by atoms with Gasteiger partial charge in [-0.15, -0.1) is 0 Å². The number of nitrogens with zero attached hydrogens (tertiary/aromatic N) is 1. The molecule has 19 heavy (non-hydrogen) atoms. The van der Waals surface area contributed by atoms with E-state index in [9.17, 15) is 0 Å². The molecule has 0 aliphatic carbocycles. The number of ether oxygens (including phenoxy) is 1. The van der Waals surface area contributed by atoms with Crippen LogP contribution in [0, 0.1) is 6.92 Å². The molecule has 2 nitrogen and oxygen atoms in total. The highest BCUT2D eigenvalue weighted by molar-refractivity contribution is 5.95. The molecule has 0 spiro atoms. The first-order valence-electron chi connectivity index (χ1n) is 6.53. The van der Waals surface area contributed by atoms with Crippen LogP contribution < -0.4 is 0 Å². The Labute approximate surface area is 113 Å². The molecular weight excluding hydrogens is 234 g/mol. The van der Waals surface area contributed by atoms with Crippen LogP contribution in [-0.4, -0.2) is 12.4 Å². The summed E-state index contributed by atoms with van der Waals surface area (Å²) >= 11 is 0. The molecule has 1 aliphatic heterocycles. The van der Waals surface area contributed by atoms with Gasteiger partial charge in [0.25, 0.3) is 0 Å². The van der Waals surface area contributed by atoms with Crippen molar-refractivity contribution in [3.05, 3.63) is 71.3 Å². The molecule has 1 atom stereocenters. The molecule has 2 aromatic carbocycles. The molecule has 0 bridgehead atoms. The van der Waals surface area contributed by atoms with Crippen molar-refractivity contribution in [2.45, 2.75) is 19.4 Å². The van der Waals surface area contributed by atoms with E-state index in [0.29, 0.717) is 6.54 Å². The minimum absolute atomic E-state index is 0.348. The van der Waals surface area contributed by atoms with Gasteiger partial charge in [0.1, 0.15) is 0 Å². The van der Waals surface area contributed by atoms with E-state index in [1.807, 2.05) is 30.3 Å². The summed E-state index contributed by atoms with van der Waals surface area (Å²) in [6.45, 7) is 4.85. The quantitative estimate of drug-likeness (QED) is 0.797. The molecule has 0 saturated heterocycles. The van der Waals surface area contributed by atoms with Gasteiger partial charge in [0.15, 0.2) is 5.60 Å². The smallest absolute Gasteiger partial charge is 0.217 e. The zero-order valence-corrected chi connectivity index (χ0v) is 11.3. The van der Waals surface area contributed by atoms with Crippen molar-refractivity contribution in [3.8, 4) is 0 Å². The number of aryl methyl sites for hydroxylation is 1. The van der Waals surface area contributed by atoms with Crippen molar-refractivity contribution in [2.75, 3.05) is 6.54 Å². The highest BCUT2D eigenvalue weighted by Gasteiger charge is 2.35. The summed E-state index contributed by atoms with van der Waals surface area (Å²) in [5, 5.41) is 0. The number of benzene rings is 2. The fraction of sp³-hybridized carbons (Fsp3) is 0.235. The lowest BCUT2D eigenvalue weighted by molar-refractivity contribution is 0.108. The standard InChI is InChI=1S/C17H17NO/c1-13-8-10-15(11-9-13)17(2)12-18-16(19-17)14-6-4-3-5-7-14/h3-11H,12H2,1-2H3. The van der Waals surface area contributed by atoms with Gasteiger partial charge < -0.3 is 4.74 Å². The van der Waals surface area contributed by atoms with Crippen LogP contribution in [0.5, 0.6) is 0 Å². The Morgan fingerprint density at radius 1 is 1.00 bits per heavy atom. The lowest BCUT2D eigenvalue weighted by Crippen LogP contribution is -2.26. The molecule has 1 aliphatic rings. The van der Waals surface area contributed by atoms with Crippen LogP contribution in [0.25, 0.3) is 0 Å². The normalized spacial score (nSPS) is 21.9. The van der Waals surface area contributed by atoms with Crippen molar-refractivity contribution < 1.29 is 4.74 Å². The molecule has 0 fully saturated rings. The van der Waals surface area contributed by atoms with E-state index in [0.717, 1.165) is 11.5 Å². The summed E-state index contributed by atoms with van der Waals surface area (Å²) < 4.78 is 6.11. The van der Waals surface area contributed by atoms with E-state index in [-0.39, 0.29) is 5.60 Å². The third kappa shape index (κ3) is 2.26. The maximum absolute atomic E-state index is 6.11. The Kier molecular flexibility index (Phi) is 2.86. The van der Waals surface area contributed by atoms with E-state index >= 15 is 0 Å². The highest BCUT2D eigenvalue weighted by atomic mass is 16.5. The van der Waals surface area contributed by atoms with Gasteiger partial charge in [-0.2, -0.15) is 0 Å². The molecule has 3 rings (SSSR count). The van der Waals surface area contributed by atoms with E-state index in [1.54, 1.807) is 0 Å². The van der Waals surface area contributed by atoms with Crippen LogP contribution in [-0.2, 0) is 10.3 Å². The molecule has 1 unspecified atom stereocenters. The number of hydrogen-bond acceptors (Lipinski definition) is 2. The van der Waals surface area contributed by atoms with Crippen molar-refractivity contribution in [1.82, 2.24) is 0 Å². The van der Waals surface area contributed by atoms with Gasteiger partial charge in [-0.1, -0.05) is 48.0 Å². The van der Waals surface area contributed by atoms with Crippen LogP contribution >= 0.6 is 0 Å². The van der Waals surface area contributed by atoms with Crippen LogP contribution in [0.2, 0.25) is 0 Å². The zero-order valence-electron chi connectivity index (χ0n) is 11.3. The summed E-state index contributed by atoms with van der Waals surface area (Å²) in [7, 11) is 0. The third-order valence-electron chi connectivity index (χ3n) is 3.53. The average Bonchev–Trinajstić information content (AvgIpc) is 2.84.